The highest BCUT2D eigenvalue weighted by atomic mass is 16.2. The summed E-state index contributed by atoms with van der Waals surface area (Å²) in [7, 11) is 0. The molecule has 0 bridgehead atoms. The van der Waals surface area contributed by atoms with Crippen LogP contribution >= 0.6 is 0 Å². The maximum atomic E-state index is 12.6. The highest BCUT2D eigenvalue weighted by molar-refractivity contribution is 5.91. The van der Waals surface area contributed by atoms with E-state index in [0.29, 0.717) is 23.7 Å². The summed E-state index contributed by atoms with van der Waals surface area (Å²) < 4.78 is 2.08. The fourth-order valence-electron chi connectivity index (χ4n) is 5.14. The third-order valence-corrected chi connectivity index (χ3v) is 6.67. The van der Waals surface area contributed by atoms with Crippen LogP contribution in [0.2, 0.25) is 0 Å². The number of nitrogens with zero attached hydrogens (tertiary/aromatic N) is 4. The molecule has 5 rings (SSSR count). The van der Waals surface area contributed by atoms with E-state index in [4.69, 9.17) is 0 Å². The molecule has 1 aliphatic carbocycles. The predicted molar refractivity (Wildman–Crippen MR) is 107 cm³/mol. The van der Waals surface area contributed by atoms with E-state index in [-0.39, 0.29) is 5.91 Å². The fraction of sp³-hybridized carbons (Fsp3) is 0.591. The Morgan fingerprint density at radius 1 is 1.07 bits per heavy atom. The molecule has 6 nitrogen and oxygen atoms in total. The van der Waals surface area contributed by atoms with Crippen molar-refractivity contribution >= 4 is 5.91 Å². The van der Waals surface area contributed by atoms with Gasteiger partial charge in [-0.3, -0.25) is 9.69 Å². The molecule has 2 aliphatic heterocycles. The van der Waals surface area contributed by atoms with Crippen LogP contribution in [-0.4, -0.2) is 44.7 Å². The van der Waals surface area contributed by atoms with Gasteiger partial charge in [0, 0.05) is 38.6 Å². The topological polar surface area (TPSA) is 63.1 Å². The zero-order valence-corrected chi connectivity index (χ0v) is 16.8. The van der Waals surface area contributed by atoms with Gasteiger partial charge in [0.2, 0.25) is 5.82 Å². The van der Waals surface area contributed by atoms with Crippen molar-refractivity contribution in [1.82, 2.24) is 25.0 Å². The molecule has 1 aromatic heterocycles. The summed E-state index contributed by atoms with van der Waals surface area (Å²) in [6.07, 6.45) is 4.32. The van der Waals surface area contributed by atoms with Crippen LogP contribution in [-0.2, 0) is 19.5 Å². The van der Waals surface area contributed by atoms with Gasteiger partial charge in [-0.15, -0.1) is 10.2 Å². The first-order chi connectivity index (χ1) is 13.5. The first-order valence-electron chi connectivity index (χ1n) is 10.6. The first-order valence-corrected chi connectivity index (χ1v) is 10.6. The molecule has 28 heavy (non-hydrogen) atoms. The van der Waals surface area contributed by atoms with Gasteiger partial charge < -0.3 is 9.88 Å². The molecular weight excluding hydrogens is 350 g/mol. The number of hydrogen-bond acceptors (Lipinski definition) is 4. The van der Waals surface area contributed by atoms with Crippen LogP contribution in [0.4, 0.5) is 0 Å². The molecule has 3 aliphatic rings. The zero-order chi connectivity index (χ0) is 19.3. The van der Waals surface area contributed by atoms with Gasteiger partial charge >= 0.3 is 0 Å². The smallest absolute Gasteiger partial charge is 0.289 e. The first kappa shape index (κ1) is 17.9. The van der Waals surface area contributed by atoms with Crippen LogP contribution in [0.3, 0.4) is 0 Å². The summed E-state index contributed by atoms with van der Waals surface area (Å²) in [6.45, 7) is 8.40. The maximum absolute atomic E-state index is 12.6. The number of amides is 1. The number of likely N-dealkylation sites (tertiary alicyclic amines) is 1. The molecule has 2 atom stereocenters. The normalized spacial score (nSPS) is 24.5. The maximum Gasteiger partial charge on any atom is 0.289 e. The lowest BCUT2D eigenvalue weighted by atomic mass is 9.89. The molecule has 1 N–H and O–H groups in total. The highest BCUT2D eigenvalue weighted by Gasteiger charge is 2.39. The molecule has 6 heteroatoms. The second-order valence-electron chi connectivity index (χ2n) is 9.07. The minimum atomic E-state index is -0.0491. The van der Waals surface area contributed by atoms with Gasteiger partial charge in [-0.1, -0.05) is 29.3 Å². The van der Waals surface area contributed by atoms with Crippen LogP contribution < -0.4 is 5.32 Å². The van der Waals surface area contributed by atoms with Gasteiger partial charge in [0.25, 0.3) is 5.91 Å². The SMILES string of the molecule is Cc1cc(C)cc(CN2CC3Cc4nnc(C(=O)NC5CCC5)n4CC3C2)c1. The standard InChI is InChI=1S/C22H29N5O/c1-14-6-15(2)8-16(7-14)10-26-11-17-9-20-24-25-21(27(20)13-18(17)12-26)22(28)23-19-4-3-5-19/h6-8,17-19H,3-5,9-13H2,1-2H3,(H,23,28). The Bertz CT molecular complexity index is 880. The van der Waals surface area contributed by atoms with Crippen LogP contribution in [0.15, 0.2) is 18.2 Å². The van der Waals surface area contributed by atoms with Crippen LogP contribution in [0, 0.1) is 25.7 Å². The summed E-state index contributed by atoms with van der Waals surface area (Å²) in [6, 6.07) is 7.16. The molecule has 1 saturated heterocycles. The van der Waals surface area contributed by atoms with E-state index in [2.05, 4.69) is 57.0 Å². The van der Waals surface area contributed by atoms with Crippen molar-refractivity contribution in [3.63, 3.8) is 0 Å². The molecule has 2 unspecified atom stereocenters. The monoisotopic (exact) mass is 379 g/mol. The second kappa shape index (κ2) is 6.99. The van der Waals surface area contributed by atoms with E-state index in [1.807, 2.05) is 0 Å². The van der Waals surface area contributed by atoms with E-state index in [9.17, 15) is 4.79 Å². The van der Waals surface area contributed by atoms with Gasteiger partial charge in [-0.25, -0.2) is 0 Å². The summed E-state index contributed by atoms with van der Waals surface area (Å²) in [4.78, 5) is 15.2. The van der Waals surface area contributed by atoms with Crippen molar-refractivity contribution in [2.24, 2.45) is 11.8 Å². The average molecular weight is 380 g/mol. The molecule has 1 saturated carbocycles. The van der Waals surface area contributed by atoms with Crippen molar-refractivity contribution in [2.75, 3.05) is 13.1 Å². The lowest BCUT2D eigenvalue weighted by Gasteiger charge is -2.28. The predicted octanol–water partition coefficient (Wildman–Crippen LogP) is 2.48. The van der Waals surface area contributed by atoms with Crippen molar-refractivity contribution in [1.29, 1.82) is 0 Å². The molecule has 1 amide bonds. The highest BCUT2D eigenvalue weighted by Crippen LogP contribution is 2.33. The van der Waals surface area contributed by atoms with Gasteiger partial charge in [0.1, 0.15) is 5.82 Å². The number of carbonyl (C=O) groups is 1. The Morgan fingerprint density at radius 2 is 1.82 bits per heavy atom. The van der Waals surface area contributed by atoms with E-state index < -0.39 is 0 Å². The zero-order valence-electron chi connectivity index (χ0n) is 16.8. The average Bonchev–Trinajstić information content (AvgIpc) is 3.17. The largest absolute Gasteiger partial charge is 0.347 e. The lowest BCUT2D eigenvalue weighted by Crippen LogP contribution is -2.41. The Balaban J connectivity index is 1.27. The number of hydrogen-bond donors (Lipinski definition) is 1. The number of carbonyl (C=O) groups excluding carboxylic acids is 1. The molecule has 0 radical (unpaired) electrons. The Morgan fingerprint density at radius 3 is 2.54 bits per heavy atom. The molecule has 3 heterocycles. The van der Waals surface area contributed by atoms with Crippen molar-refractivity contribution < 1.29 is 4.79 Å². The number of rotatable bonds is 4. The molecule has 148 valence electrons. The van der Waals surface area contributed by atoms with Crippen LogP contribution in [0.25, 0.3) is 0 Å². The van der Waals surface area contributed by atoms with Crippen LogP contribution in [0.1, 0.15) is 52.4 Å². The number of benzene rings is 1. The van der Waals surface area contributed by atoms with E-state index in [1.165, 1.54) is 23.1 Å². The third-order valence-electron chi connectivity index (χ3n) is 6.67. The number of aromatic nitrogens is 3. The molecule has 1 aromatic carbocycles. The quantitative estimate of drug-likeness (QED) is 0.887. The number of nitrogens with one attached hydrogen (secondary N) is 1. The van der Waals surface area contributed by atoms with Crippen LogP contribution in [0.5, 0.6) is 0 Å². The third kappa shape index (κ3) is 3.34. The van der Waals surface area contributed by atoms with E-state index in [0.717, 1.165) is 51.3 Å². The number of fused-ring (bicyclic) bond motifs is 2. The Kier molecular flexibility index (Phi) is 4.46. The molecular formula is C22H29N5O. The number of aryl methyl sites for hydroxylation is 2. The van der Waals surface area contributed by atoms with Crippen molar-refractivity contribution in [3.05, 3.63) is 46.5 Å². The Hall–Kier alpha value is -2.21. The fourth-order valence-corrected chi connectivity index (χ4v) is 5.14. The summed E-state index contributed by atoms with van der Waals surface area (Å²) in [5, 5.41) is 11.7. The van der Waals surface area contributed by atoms with Crippen molar-refractivity contribution in [2.45, 2.75) is 58.7 Å². The summed E-state index contributed by atoms with van der Waals surface area (Å²) in [5.74, 6) is 2.63. The van der Waals surface area contributed by atoms with Gasteiger partial charge in [-0.05, 0) is 50.5 Å². The summed E-state index contributed by atoms with van der Waals surface area (Å²) >= 11 is 0. The lowest BCUT2D eigenvalue weighted by molar-refractivity contribution is 0.0898. The molecule has 2 aromatic rings. The minimum absolute atomic E-state index is 0.0491. The van der Waals surface area contributed by atoms with Crippen molar-refractivity contribution in [3.8, 4) is 0 Å². The Labute approximate surface area is 166 Å². The summed E-state index contributed by atoms with van der Waals surface area (Å²) in [5.41, 5.74) is 4.07. The van der Waals surface area contributed by atoms with Gasteiger partial charge in [-0.2, -0.15) is 0 Å². The van der Waals surface area contributed by atoms with E-state index in [1.54, 1.807) is 0 Å². The van der Waals surface area contributed by atoms with Gasteiger partial charge in [0.05, 0.1) is 0 Å². The second-order valence-corrected chi connectivity index (χ2v) is 9.07. The molecule has 0 spiro atoms. The van der Waals surface area contributed by atoms with Gasteiger partial charge in [0.15, 0.2) is 0 Å². The minimum Gasteiger partial charge on any atom is -0.347 e. The van der Waals surface area contributed by atoms with E-state index >= 15 is 0 Å². The molecule has 2 fully saturated rings.